The predicted octanol–water partition coefficient (Wildman–Crippen LogP) is 2.36. The van der Waals surface area contributed by atoms with Crippen molar-refractivity contribution in [3.63, 3.8) is 0 Å². The monoisotopic (exact) mass is 225 g/mol. The van der Waals surface area contributed by atoms with E-state index in [4.69, 9.17) is 0 Å². The molecule has 0 spiro atoms. The summed E-state index contributed by atoms with van der Waals surface area (Å²) in [5.74, 6) is -0.0481. The fourth-order valence-electron chi connectivity index (χ4n) is 3.15. The van der Waals surface area contributed by atoms with E-state index in [1.807, 2.05) is 0 Å². The number of aliphatic carboxylic acids is 1. The molecular formula is C13H23NO2. The minimum absolute atomic E-state index is 0.137. The van der Waals surface area contributed by atoms with Crippen molar-refractivity contribution in [2.75, 3.05) is 7.05 Å². The molecule has 0 bridgehead atoms. The average Bonchev–Trinajstić information content (AvgIpc) is 2.14. The second-order valence-electron chi connectivity index (χ2n) is 5.68. The molecule has 2 aliphatic rings. The molecule has 3 atom stereocenters. The molecule has 1 N–H and O–H groups in total. The largest absolute Gasteiger partial charge is 0.481 e. The maximum Gasteiger partial charge on any atom is 0.308 e. The Hall–Kier alpha value is -0.570. The fourth-order valence-corrected chi connectivity index (χ4v) is 3.15. The first-order valence-electron chi connectivity index (χ1n) is 6.54. The summed E-state index contributed by atoms with van der Waals surface area (Å²) >= 11 is 0. The first-order chi connectivity index (χ1) is 7.59. The summed E-state index contributed by atoms with van der Waals surface area (Å²) in [6, 6.07) is 0.920. The zero-order valence-corrected chi connectivity index (χ0v) is 10.4. The van der Waals surface area contributed by atoms with Crippen LogP contribution in [0, 0.1) is 11.8 Å². The summed E-state index contributed by atoms with van der Waals surface area (Å²) in [6.07, 6.45) is 6.82. The number of hydrogen-bond acceptors (Lipinski definition) is 2. The lowest BCUT2D eigenvalue weighted by atomic mass is 9.77. The lowest BCUT2D eigenvalue weighted by molar-refractivity contribution is -0.146. The zero-order valence-electron chi connectivity index (χ0n) is 10.4. The van der Waals surface area contributed by atoms with Crippen molar-refractivity contribution in [2.45, 2.75) is 57.5 Å². The summed E-state index contributed by atoms with van der Waals surface area (Å²) in [7, 11) is 2.13. The van der Waals surface area contributed by atoms with Gasteiger partial charge in [0, 0.05) is 12.1 Å². The van der Waals surface area contributed by atoms with Crippen LogP contribution in [0.15, 0.2) is 0 Å². The maximum atomic E-state index is 11.3. The Morgan fingerprint density at radius 1 is 1.25 bits per heavy atom. The summed E-state index contributed by atoms with van der Waals surface area (Å²) in [5.41, 5.74) is 0. The Morgan fingerprint density at radius 2 is 1.94 bits per heavy atom. The van der Waals surface area contributed by atoms with Crippen LogP contribution >= 0.6 is 0 Å². The van der Waals surface area contributed by atoms with E-state index in [1.165, 1.54) is 19.3 Å². The van der Waals surface area contributed by atoms with Crippen LogP contribution in [0.4, 0.5) is 0 Å². The first-order valence-corrected chi connectivity index (χ1v) is 6.54. The highest BCUT2D eigenvalue weighted by Crippen LogP contribution is 2.36. The molecule has 2 rings (SSSR count). The van der Waals surface area contributed by atoms with E-state index in [9.17, 15) is 9.90 Å². The second kappa shape index (κ2) is 4.74. The van der Waals surface area contributed by atoms with Crippen molar-refractivity contribution in [1.82, 2.24) is 4.90 Å². The van der Waals surface area contributed by atoms with Gasteiger partial charge in [0.1, 0.15) is 0 Å². The molecule has 2 aliphatic carbocycles. The molecule has 2 saturated carbocycles. The van der Waals surface area contributed by atoms with Crippen molar-refractivity contribution in [2.24, 2.45) is 11.8 Å². The molecule has 0 aliphatic heterocycles. The Balaban J connectivity index is 2.03. The van der Waals surface area contributed by atoms with E-state index in [-0.39, 0.29) is 12.0 Å². The van der Waals surface area contributed by atoms with Gasteiger partial charge in [-0.2, -0.15) is 0 Å². The third kappa shape index (κ3) is 2.24. The Morgan fingerprint density at radius 3 is 2.44 bits per heavy atom. The minimum atomic E-state index is -0.594. The smallest absolute Gasteiger partial charge is 0.308 e. The van der Waals surface area contributed by atoms with Crippen LogP contribution in [0.3, 0.4) is 0 Å². The quantitative estimate of drug-likeness (QED) is 0.801. The van der Waals surface area contributed by atoms with Crippen LogP contribution in [0.25, 0.3) is 0 Å². The maximum absolute atomic E-state index is 11.3. The summed E-state index contributed by atoms with van der Waals surface area (Å²) in [5, 5.41) is 9.29. The summed E-state index contributed by atoms with van der Waals surface area (Å²) < 4.78 is 0. The normalized spacial score (nSPS) is 36.1. The van der Waals surface area contributed by atoms with Crippen molar-refractivity contribution in [3.8, 4) is 0 Å². The molecule has 3 heteroatoms. The van der Waals surface area contributed by atoms with Crippen LogP contribution in [0.2, 0.25) is 0 Å². The van der Waals surface area contributed by atoms with Gasteiger partial charge >= 0.3 is 5.97 Å². The van der Waals surface area contributed by atoms with Gasteiger partial charge in [0.05, 0.1) is 5.92 Å². The van der Waals surface area contributed by atoms with E-state index in [2.05, 4.69) is 18.9 Å². The highest BCUT2D eigenvalue weighted by atomic mass is 16.4. The van der Waals surface area contributed by atoms with Crippen molar-refractivity contribution in [3.05, 3.63) is 0 Å². The number of hydrogen-bond donors (Lipinski definition) is 1. The summed E-state index contributed by atoms with van der Waals surface area (Å²) in [4.78, 5) is 13.6. The van der Waals surface area contributed by atoms with E-state index in [0.717, 1.165) is 19.3 Å². The van der Waals surface area contributed by atoms with Gasteiger partial charge in [-0.1, -0.05) is 13.3 Å². The molecule has 92 valence electrons. The van der Waals surface area contributed by atoms with E-state index in [0.29, 0.717) is 12.0 Å². The van der Waals surface area contributed by atoms with Crippen molar-refractivity contribution < 1.29 is 9.90 Å². The van der Waals surface area contributed by atoms with Gasteiger partial charge < -0.3 is 5.11 Å². The van der Waals surface area contributed by atoms with Crippen molar-refractivity contribution >= 4 is 5.97 Å². The first kappa shape index (κ1) is 11.9. The van der Waals surface area contributed by atoms with E-state index < -0.39 is 5.97 Å². The van der Waals surface area contributed by atoms with E-state index >= 15 is 0 Å². The zero-order chi connectivity index (χ0) is 11.7. The molecular weight excluding hydrogens is 202 g/mol. The van der Waals surface area contributed by atoms with Gasteiger partial charge in [0.2, 0.25) is 0 Å². The molecule has 0 amide bonds. The molecule has 2 fully saturated rings. The third-order valence-electron chi connectivity index (χ3n) is 4.57. The Bertz CT molecular complexity index is 263. The number of nitrogens with zero attached hydrogens (tertiary/aromatic N) is 1. The molecule has 0 radical (unpaired) electrons. The minimum Gasteiger partial charge on any atom is -0.481 e. The highest BCUT2D eigenvalue weighted by Gasteiger charge is 2.39. The Labute approximate surface area is 97.8 Å². The molecule has 0 aromatic rings. The number of carboxylic acids is 1. The number of carbonyl (C=O) groups is 1. The molecule has 3 nitrogen and oxygen atoms in total. The number of rotatable bonds is 3. The molecule has 0 heterocycles. The van der Waals surface area contributed by atoms with Gasteiger partial charge in [-0.05, 0) is 45.1 Å². The van der Waals surface area contributed by atoms with Gasteiger partial charge in [0.15, 0.2) is 0 Å². The van der Waals surface area contributed by atoms with Crippen LogP contribution in [-0.2, 0) is 4.79 Å². The topological polar surface area (TPSA) is 40.5 Å². The lowest BCUT2D eigenvalue weighted by Crippen LogP contribution is -2.51. The lowest BCUT2D eigenvalue weighted by Gasteiger charge is -2.45. The van der Waals surface area contributed by atoms with Crippen molar-refractivity contribution in [1.29, 1.82) is 0 Å². The van der Waals surface area contributed by atoms with Gasteiger partial charge in [0.25, 0.3) is 0 Å². The van der Waals surface area contributed by atoms with Crippen LogP contribution in [0.1, 0.15) is 45.4 Å². The van der Waals surface area contributed by atoms with Gasteiger partial charge in [-0.25, -0.2) is 0 Å². The molecule has 0 saturated heterocycles. The van der Waals surface area contributed by atoms with Gasteiger partial charge in [-0.3, -0.25) is 9.69 Å². The van der Waals surface area contributed by atoms with Gasteiger partial charge in [-0.15, -0.1) is 0 Å². The summed E-state index contributed by atoms with van der Waals surface area (Å²) in [6.45, 7) is 2.25. The fraction of sp³-hybridized carbons (Fsp3) is 0.923. The average molecular weight is 225 g/mol. The second-order valence-corrected chi connectivity index (χ2v) is 5.68. The van der Waals surface area contributed by atoms with Crippen LogP contribution in [-0.4, -0.2) is 35.1 Å². The molecule has 16 heavy (non-hydrogen) atoms. The van der Waals surface area contributed by atoms with Crippen LogP contribution in [0.5, 0.6) is 0 Å². The van der Waals surface area contributed by atoms with E-state index in [1.54, 1.807) is 0 Å². The molecule has 0 aromatic heterocycles. The highest BCUT2D eigenvalue weighted by molar-refractivity contribution is 5.71. The molecule has 3 unspecified atom stereocenters. The number of carboxylic acid groups (broad SMARTS) is 1. The van der Waals surface area contributed by atoms with Crippen LogP contribution < -0.4 is 0 Å². The SMILES string of the molecule is CC1CCC(C(=O)O)C(N(C)C2CCC2)C1. The molecule has 0 aromatic carbocycles. The predicted molar refractivity (Wildman–Crippen MR) is 63.3 cm³/mol. The third-order valence-corrected chi connectivity index (χ3v) is 4.57. The Kier molecular flexibility index (Phi) is 3.53. The standard InChI is InChI=1S/C13H23NO2/c1-9-6-7-11(13(15)16)12(8-9)14(2)10-4-3-5-10/h9-12H,3-8H2,1-2H3,(H,15,16).